The predicted octanol–water partition coefficient (Wildman–Crippen LogP) is 2.24. The Labute approximate surface area is 125 Å². The van der Waals surface area contributed by atoms with Gasteiger partial charge in [0.1, 0.15) is 0 Å². The van der Waals surface area contributed by atoms with E-state index in [0.29, 0.717) is 24.9 Å². The van der Waals surface area contributed by atoms with Gasteiger partial charge >= 0.3 is 0 Å². The van der Waals surface area contributed by atoms with E-state index in [-0.39, 0.29) is 0 Å². The topological polar surface area (TPSA) is 72.0 Å². The monoisotopic (exact) mass is 287 g/mol. The Bertz CT molecular complexity index is 544. The second-order valence-electron chi connectivity index (χ2n) is 4.78. The van der Waals surface area contributed by atoms with Gasteiger partial charge < -0.3 is 15.4 Å². The molecular formula is C15H21N5O. The van der Waals surface area contributed by atoms with Gasteiger partial charge in [0.2, 0.25) is 5.95 Å². The van der Waals surface area contributed by atoms with Crippen molar-refractivity contribution in [3.8, 4) is 0 Å². The number of hydrogen-bond donors (Lipinski definition) is 2. The van der Waals surface area contributed by atoms with Crippen LogP contribution in [0.15, 0.2) is 30.5 Å². The van der Waals surface area contributed by atoms with Crippen LogP contribution in [0.4, 0.5) is 11.8 Å². The molecule has 6 nitrogen and oxygen atoms in total. The van der Waals surface area contributed by atoms with E-state index in [0.717, 1.165) is 13.0 Å². The van der Waals surface area contributed by atoms with Crippen molar-refractivity contribution in [3.63, 3.8) is 0 Å². The summed E-state index contributed by atoms with van der Waals surface area (Å²) in [6, 6.07) is 8.39. The van der Waals surface area contributed by atoms with Crippen molar-refractivity contribution in [1.82, 2.24) is 15.2 Å². The molecule has 6 heteroatoms. The van der Waals surface area contributed by atoms with Gasteiger partial charge in [0.25, 0.3) is 0 Å². The molecule has 0 spiro atoms. The first-order valence-electron chi connectivity index (χ1n) is 7.00. The third-order valence-electron chi connectivity index (χ3n) is 2.96. The second kappa shape index (κ2) is 8.16. The molecule has 0 amide bonds. The molecule has 2 N–H and O–H groups in total. The molecule has 21 heavy (non-hydrogen) atoms. The number of anilines is 2. The molecule has 0 fully saturated rings. The fourth-order valence-electron chi connectivity index (χ4n) is 1.78. The maximum Gasteiger partial charge on any atom is 0.244 e. The van der Waals surface area contributed by atoms with Gasteiger partial charge in [-0.3, -0.25) is 0 Å². The highest BCUT2D eigenvalue weighted by Gasteiger charge is 2.00. The molecule has 0 radical (unpaired) electrons. The van der Waals surface area contributed by atoms with Crippen molar-refractivity contribution in [2.45, 2.75) is 19.9 Å². The number of benzene rings is 1. The Morgan fingerprint density at radius 1 is 1.14 bits per heavy atom. The zero-order chi connectivity index (χ0) is 14.9. The van der Waals surface area contributed by atoms with E-state index in [1.165, 1.54) is 11.1 Å². The lowest BCUT2D eigenvalue weighted by molar-refractivity contribution is 0.197. The van der Waals surface area contributed by atoms with Crippen LogP contribution in [0.1, 0.15) is 17.5 Å². The maximum absolute atomic E-state index is 4.99. The van der Waals surface area contributed by atoms with E-state index in [2.05, 4.69) is 57.0 Å². The highest BCUT2D eigenvalue weighted by atomic mass is 16.5. The van der Waals surface area contributed by atoms with Crippen molar-refractivity contribution in [1.29, 1.82) is 0 Å². The number of hydrogen-bond acceptors (Lipinski definition) is 6. The van der Waals surface area contributed by atoms with Gasteiger partial charge in [-0.2, -0.15) is 10.1 Å². The van der Waals surface area contributed by atoms with Gasteiger partial charge in [-0.05, 0) is 18.9 Å². The molecular weight excluding hydrogens is 266 g/mol. The zero-order valence-electron chi connectivity index (χ0n) is 12.5. The summed E-state index contributed by atoms with van der Waals surface area (Å²) in [4.78, 5) is 4.37. The highest BCUT2D eigenvalue weighted by Crippen LogP contribution is 2.08. The first-order valence-corrected chi connectivity index (χ1v) is 7.00. The smallest absolute Gasteiger partial charge is 0.244 e. The van der Waals surface area contributed by atoms with Crippen LogP contribution in [0, 0.1) is 6.92 Å². The van der Waals surface area contributed by atoms with Crippen molar-refractivity contribution in [2.24, 2.45) is 0 Å². The molecule has 2 rings (SSSR count). The summed E-state index contributed by atoms with van der Waals surface area (Å²) in [5, 5.41) is 14.3. The number of nitrogens with one attached hydrogen (secondary N) is 2. The molecule has 0 bridgehead atoms. The van der Waals surface area contributed by atoms with E-state index in [9.17, 15) is 0 Å². The van der Waals surface area contributed by atoms with Gasteiger partial charge in [0, 0.05) is 26.8 Å². The van der Waals surface area contributed by atoms with Crippen molar-refractivity contribution >= 4 is 11.8 Å². The molecule has 1 aromatic carbocycles. The lowest BCUT2D eigenvalue weighted by Crippen LogP contribution is -2.10. The van der Waals surface area contributed by atoms with Crippen LogP contribution in [0.2, 0.25) is 0 Å². The molecule has 2 aromatic rings. The van der Waals surface area contributed by atoms with Gasteiger partial charge in [-0.25, -0.2) is 0 Å². The molecule has 0 aliphatic heterocycles. The highest BCUT2D eigenvalue weighted by molar-refractivity contribution is 5.38. The van der Waals surface area contributed by atoms with Crippen molar-refractivity contribution in [3.05, 3.63) is 41.6 Å². The van der Waals surface area contributed by atoms with E-state index in [1.54, 1.807) is 13.3 Å². The Morgan fingerprint density at radius 2 is 1.95 bits per heavy atom. The summed E-state index contributed by atoms with van der Waals surface area (Å²) < 4.78 is 4.99. The summed E-state index contributed by atoms with van der Waals surface area (Å²) in [7, 11) is 1.69. The van der Waals surface area contributed by atoms with Crippen LogP contribution < -0.4 is 10.6 Å². The van der Waals surface area contributed by atoms with E-state index < -0.39 is 0 Å². The Morgan fingerprint density at radius 3 is 2.71 bits per heavy atom. The maximum atomic E-state index is 4.99. The molecule has 0 saturated carbocycles. The lowest BCUT2D eigenvalue weighted by Gasteiger charge is -2.08. The molecule has 1 heterocycles. The molecule has 0 saturated heterocycles. The SMILES string of the molecule is COCCCNc1nncc(NCc2ccc(C)cc2)n1. The third-order valence-corrected chi connectivity index (χ3v) is 2.96. The van der Waals surface area contributed by atoms with Crippen LogP contribution in [0.5, 0.6) is 0 Å². The number of aryl methyl sites for hydroxylation is 1. The predicted molar refractivity (Wildman–Crippen MR) is 83.3 cm³/mol. The fourth-order valence-corrected chi connectivity index (χ4v) is 1.78. The molecule has 0 aliphatic carbocycles. The van der Waals surface area contributed by atoms with Crippen molar-refractivity contribution < 1.29 is 4.74 Å². The third kappa shape index (κ3) is 5.35. The van der Waals surface area contributed by atoms with E-state index >= 15 is 0 Å². The summed E-state index contributed by atoms with van der Waals surface area (Å²) in [5.74, 6) is 1.24. The molecule has 0 aliphatic rings. The van der Waals surface area contributed by atoms with Crippen molar-refractivity contribution in [2.75, 3.05) is 30.9 Å². The lowest BCUT2D eigenvalue weighted by atomic mass is 10.1. The van der Waals surface area contributed by atoms with Crippen LogP contribution in [-0.4, -0.2) is 35.4 Å². The second-order valence-corrected chi connectivity index (χ2v) is 4.78. The van der Waals surface area contributed by atoms with Gasteiger partial charge in [0.05, 0.1) is 6.20 Å². The van der Waals surface area contributed by atoms with Crippen LogP contribution >= 0.6 is 0 Å². The summed E-state index contributed by atoms with van der Waals surface area (Å²) >= 11 is 0. The summed E-state index contributed by atoms with van der Waals surface area (Å²) in [6.07, 6.45) is 2.52. The number of rotatable bonds is 8. The Kier molecular flexibility index (Phi) is 5.90. The number of nitrogens with zero attached hydrogens (tertiary/aromatic N) is 3. The number of aromatic nitrogens is 3. The fraction of sp³-hybridized carbons (Fsp3) is 0.400. The van der Waals surface area contributed by atoms with Crippen LogP contribution in [-0.2, 0) is 11.3 Å². The van der Waals surface area contributed by atoms with E-state index in [4.69, 9.17) is 4.74 Å². The van der Waals surface area contributed by atoms with Gasteiger partial charge in [0.15, 0.2) is 5.82 Å². The number of methoxy groups -OCH3 is 1. The van der Waals surface area contributed by atoms with E-state index in [1.807, 2.05) is 0 Å². The summed E-state index contributed by atoms with van der Waals surface area (Å²) in [5.41, 5.74) is 2.46. The Hall–Kier alpha value is -2.21. The number of ether oxygens (including phenoxy) is 1. The molecule has 0 unspecified atom stereocenters. The first kappa shape index (κ1) is 15.2. The zero-order valence-corrected chi connectivity index (χ0v) is 12.5. The quantitative estimate of drug-likeness (QED) is 0.726. The molecule has 0 atom stereocenters. The average Bonchev–Trinajstić information content (AvgIpc) is 2.52. The Balaban J connectivity index is 1.84. The van der Waals surface area contributed by atoms with Gasteiger partial charge in [-0.1, -0.05) is 29.8 Å². The molecule has 112 valence electrons. The summed E-state index contributed by atoms with van der Waals surface area (Å²) in [6.45, 7) is 4.26. The van der Waals surface area contributed by atoms with Crippen LogP contribution in [0.3, 0.4) is 0 Å². The largest absolute Gasteiger partial charge is 0.385 e. The first-order chi connectivity index (χ1) is 10.3. The normalized spacial score (nSPS) is 10.4. The standard InChI is InChI=1S/C15H21N5O/c1-12-4-6-13(7-5-12)10-17-14-11-18-20-15(19-14)16-8-3-9-21-2/h4-7,11H,3,8-10H2,1-2H3,(H2,16,17,19,20). The minimum Gasteiger partial charge on any atom is -0.385 e. The minimum atomic E-state index is 0.528. The van der Waals surface area contributed by atoms with Crippen LogP contribution in [0.25, 0.3) is 0 Å². The molecule has 1 aromatic heterocycles. The van der Waals surface area contributed by atoms with Gasteiger partial charge in [-0.15, -0.1) is 5.10 Å². The average molecular weight is 287 g/mol. The minimum absolute atomic E-state index is 0.528.